The molecule has 2 aromatic heterocycles. The fourth-order valence-corrected chi connectivity index (χ4v) is 2.73. The second-order valence-corrected chi connectivity index (χ2v) is 5.16. The molecule has 96 valence electrons. The van der Waals surface area contributed by atoms with Crippen molar-refractivity contribution in [3.05, 3.63) is 56.7 Å². The van der Waals surface area contributed by atoms with Crippen LogP contribution in [-0.4, -0.2) is 15.6 Å². The van der Waals surface area contributed by atoms with Crippen LogP contribution in [0.4, 0.5) is 0 Å². The van der Waals surface area contributed by atoms with E-state index in [1.807, 2.05) is 6.07 Å². The van der Waals surface area contributed by atoms with Gasteiger partial charge in [-0.2, -0.15) is 0 Å². The van der Waals surface area contributed by atoms with Gasteiger partial charge in [-0.25, -0.2) is 9.59 Å². The first-order valence-electron chi connectivity index (χ1n) is 5.55. The number of rotatable bonds is 3. The molecule has 1 N–H and O–H groups in total. The van der Waals surface area contributed by atoms with Crippen molar-refractivity contribution in [3.8, 4) is 0 Å². The third kappa shape index (κ3) is 2.06. The number of hydrogen-bond acceptors (Lipinski definition) is 4. The number of thiophene rings is 1. The molecular weight excluding hydrogens is 266 g/mol. The van der Waals surface area contributed by atoms with Crippen LogP contribution in [0.1, 0.15) is 14.5 Å². The maximum Gasteiger partial charge on any atom is 0.420 e. The van der Waals surface area contributed by atoms with Gasteiger partial charge in [0.1, 0.15) is 4.88 Å². The molecule has 1 aromatic carbocycles. The predicted molar refractivity (Wildman–Crippen MR) is 70.9 cm³/mol. The molecule has 0 fully saturated rings. The van der Waals surface area contributed by atoms with Crippen LogP contribution in [0.3, 0.4) is 0 Å². The van der Waals surface area contributed by atoms with Gasteiger partial charge in [-0.1, -0.05) is 12.1 Å². The molecule has 3 aromatic rings. The monoisotopic (exact) mass is 275 g/mol. The molecule has 0 atom stereocenters. The molecule has 0 saturated carbocycles. The SMILES string of the molecule is O=C(O)c1ccc(Cn2c(=O)oc3ccccc32)s1. The lowest BCUT2D eigenvalue weighted by Gasteiger charge is -1.98. The standard InChI is InChI=1S/C13H9NO4S/c15-12(16)11-6-5-8(19-11)7-14-9-3-1-2-4-10(9)18-13(14)17/h1-6H,7H2,(H,15,16). The Morgan fingerprint density at radius 2 is 2.05 bits per heavy atom. The molecule has 3 rings (SSSR count). The Morgan fingerprint density at radius 3 is 2.79 bits per heavy atom. The van der Waals surface area contributed by atoms with Crippen molar-refractivity contribution in [2.75, 3.05) is 0 Å². The lowest BCUT2D eigenvalue weighted by atomic mass is 10.3. The number of nitrogens with zero attached hydrogens (tertiary/aromatic N) is 1. The van der Waals surface area contributed by atoms with Crippen LogP contribution in [0.15, 0.2) is 45.6 Å². The lowest BCUT2D eigenvalue weighted by molar-refractivity contribution is 0.0702. The first kappa shape index (κ1) is 11.7. The Morgan fingerprint density at radius 1 is 1.26 bits per heavy atom. The summed E-state index contributed by atoms with van der Waals surface area (Å²) in [6.45, 7) is 0.313. The molecule has 0 bridgehead atoms. The Balaban J connectivity index is 2.03. The smallest absolute Gasteiger partial charge is 0.420 e. The molecule has 0 aliphatic heterocycles. The minimum Gasteiger partial charge on any atom is -0.477 e. The number of carboxylic acid groups (broad SMARTS) is 1. The van der Waals surface area contributed by atoms with Crippen LogP contribution in [0.5, 0.6) is 0 Å². The van der Waals surface area contributed by atoms with Gasteiger partial charge in [-0.3, -0.25) is 4.57 Å². The number of oxazole rings is 1. The number of carboxylic acids is 1. The maximum atomic E-state index is 11.8. The van der Waals surface area contributed by atoms with Crippen LogP contribution >= 0.6 is 11.3 Å². The molecule has 0 aliphatic rings. The third-order valence-electron chi connectivity index (χ3n) is 2.76. The number of para-hydroxylation sites is 2. The number of carbonyl (C=O) groups is 1. The second-order valence-electron chi connectivity index (χ2n) is 3.99. The minimum atomic E-state index is -0.958. The average molecular weight is 275 g/mol. The molecule has 6 heteroatoms. The van der Waals surface area contributed by atoms with E-state index in [-0.39, 0.29) is 4.88 Å². The Kier molecular flexibility index (Phi) is 2.72. The lowest BCUT2D eigenvalue weighted by Crippen LogP contribution is -2.14. The molecule has 0 radical (unpaired) electrons. The normalized spacial score (nSPS) is 10.9. The van der Waals surface area contributed by atoms with Crippen molar-refractivity contribution >= 4 is 28.4 Å². The van der Waals surface area contributed by atoms with E-state index >= 15 is 0 Å². The van der Waals surface area contributed by atoms with Crippen LogP contribution in [-0.2, 0) is 6.54 Å². The third-order valence-corrected chi connectivity index (χ3v) is 3.82. The van der Waals surface area contributed by atoms with Crippen LogP contribution in [0.2, 0.25) is 0 Å². The van der Waals surface area contributed by atoms with Gasteiger partial charge in [-0.15, -0.1) is 11.3 Å². The zero-order valence-corrected chi connectivity index (χ0v) is 10.5. The molecule has 2 heterocycles. The van der Waals surface area contributed by atoms with E-state index in [0.717, 1.165) is 16.2 Å². The van der Waals surface area contributed by atoms with Crippen molar-refractivity contribution in [1.29, 1.82) is 0 Å². The van der Waals surface area contributed by atoms with E-state index in [1.54, 1.807) is 24.3 Å². The summed E-state index contributed by atoms with van der Waals surface area (Å²) in [7, 11) is 0. The fraction of sp³-hybridized carbons (Fsp3) is 0.0769. The summed E-state index contributed by atoms with van der Waals surface area (Å²) >= 11 is 1.16. The van der Waals surface area contributed by atoms with E-state index in [4.69, 9.17) is 9.52 Å². The molecule has 5 nitrogen and oxygen atoms in total. The van der Waals surface area contributed by atoms with E-state index in [9.17, 15) is 9.59 Å². The Hall–Kier alpha value is -2.34. The Labute approximate surface area is 111 Å². The topological polar surface area (TPSA) is 72.4 Å². The van der Waals surface area contributed by atoms with Gasteiger partial charge < -0.3 is 9.52 Å². The molecule has 0 saturated heterocycles. The average Bonchev–Trinajstić information content (AvgIpc) is 2.96. The van der Waals surface area contributed by atoms with Gasteiger partial charge in [-0.05, 0) is 24.3 Å². The van der Waals surface area contributed by atoms with Crippen LogP contribution in [0, 0.1) is 0 Å². The highest BCUT2D eigenvalue weighted by molar-refractivity contribution is 7.13. The number of benzene rings is 1. The van der Waals surface area contributed by atoms with E-state index < -0.39 is 11.7 Å². The molecule has 0 spiro atoms. The van der Waals surface area contributed by atoms with Gasteiger partial charge in [0, 0.05) is 4.88 Å². The summed E-state index contributed by atoms with van der Waals surface area (Å²) in [6, 6.07) is 10.4. The number of aromatic nitrogens is 1. The van der Waals surface area contributed by atoms with Crippen molar-refractivity contribution < 1.29 is 14.3 Å². The van der Waals surface area contributed by atoms with Gasteiger partial charge in [0.2, 0.25) is 0 Å². The summed E-state index contributed by atoms with van der Waals surface area (Å²) in [6.07, 6.45) is 0. The molecule has 0 aliphatic carbocycles. The van der Waals surface area contributed by atoms with E-state index in [1.165, 1.54) is 10.6 Å². The van der Waals surface area contributed by atoms with Crippen LogP contribution < -0.4 is 5.76 Å². The summed E-state index contributed by atoms with van der Waals surface area (Å²) < 4.78 is 6.61. The fourth-order valence-electron chi connectivity index (χ4n) is 1.90. The van der Waals surface area contributed by atoms with Crippen molar-refractivity contribution in [3.63, 3.8) is 0 Å². The summed E-state index contributed by atoms with van der Waals surface area (Å²) in [5.41, 5.74) is 1.24. The Bertz CT molecular complexity index is 811. The second kappa shape index (κ2) is 4.40. The summed E-state index contributed by atoms with van der Waals surface area (Å²) in [5, 5.41) is 8.87. The van der Waals surface area contributed by atoms with Gasteiger partial charge >= 0.3 is 11.7 Å². The summed E-state index contributed by atoms with van der Waals surface area (Å²) in [4.78, 5) is 23.6. The molecule has 19 heavy (non-hydrogen) atoms. The first-order valence-corrected chi connectivity index (χ1v) is 6.37. The van der Waals surface area contributed by atoms with E-state index in [0.29, 0.717) is 17.6 Å². The highest BCUT2D eigenvalue weighted by Gasteiger charge is 2.12. The maximum absolute atomic E-state index is 11.8. The van der Waals surface area contributed by atoms with Gasteiger partial charge in [0.25, 0.3) is 0 Å². The molecule has 0 amide bonds. The van der Waals surface area contributed by atoms with E-state index in [2.05, 4.69) is 0 Å². The van der Waals surface area contributed by atoms with Crippen molar-refractivity contribution in [2.45, 2.75) is 6.54 Å². The summed E-state index contributed by atoms with van der Waals surface area (Å²) in [5.74, 6) is -1.40. The zero-order valence-electron chi connectivity index (χ0n) is 9.70. The van der Waals surface area contributed by atoms with Gasteiger partial charge in [0.15, 0.2) is 5.58 Å². The highest BCUT2D eigenvalue weighted by Crippen LogP contribution is 2.19. The highest BCUT2D eigenvalue weighted by atomic mass is 32.1. The number of fused-ring (bicyclic) bond motifs is 1. The number of hydrogen-bond donors (Lipinski definition) is 1. The van der Waals surface area contributed by atoms with Crippen molar-refractivity contribution in [2.24, 2.45) is 0 Å². The quantitative estimate of drug-likeness (QED) is 0.796. The zero-order chi connectivity index (χ0) is 13.4. The number of aromatic carboxylic acids is 1. The molecular formula is C13H9NO4S. The predicted octanol–water partition coefficient (Wildman–Crippen LogP) is 2.40. The largest absolute Gasteiger partial charge is 0.477 e. The van der Waals surface area contributed by atoms with Crippen molar-refractivity contribution in [1.82, 2.24) is 4.57 Å². The van der Waals surface area contributed by atoms with Crippen LogP contribution in [0.25, 0.3) is 11.1 Å². The molecule has 0 unspecified atom stereocenters. The van der Waals surface area contributed by atoms with Gasteiger partial charge in [0.05, 0.1) is 12.1 Å². The minimum absolute atomic E-state index is 0.260. The first-order chi connectivity index (χ1) is 9.15.